The number of aliphatic hydroxyl groups is 1. The van der Waals surface area contributed by atoms with Gasteiger partial charge in [0.15, 0.2) is 11.6 Å². The van der Waals surface area contributed by atoms with Crippen molar-refractivity contribution in [2.75, 3.05) is 19.8 Å². The highest BCUT2D eigenvalue weighted by Gasteiger charge is 2.55. The molecule has 2 aliphatic heterocycles. The Morgan fingerprint density at radius 2 is 1.84 bits per heavy atom. The Labute approximate surface area is 223 Å². The topological polar surface area (TPSA) is 71.4 Å². The predicted octanol–water partition coefficient (Wildman–Crippen LogP) is 5.34. The number of aliphatic hydroxyl groups excluding tert-OH is 1. The normalized spacial score (nSPS) is 20.3. The molecule has 0 spiro atoms. The Kier molecular flexibility index (Phi) is 7.70. The highest BCUT2D eigenvalue weighted by Crippen LogP contribution is 2.47. The third kappa shape index (κ3) is 5.13. The van der Waals surface area contributed by atoms with E-state index in [0.717, 1.165) is 22.3 Å². The summed E-state index contributed by atoms with van der Waals surface area (Å²) in [5.41, 5.74) is 2.71. The maximum atomic E-state index is 14.2. The van der Waals surface area contributed by atoms with Crippen LogP contribution in [0, 0.1) is 0 Å². The lowest BCUT2D eigenvalue weighted by molar-refractivity contribution is -0.138. The van der Waals surface area contributed by atoms with Crippen LogP contribution >= 0.6 is 0 Å². The van der Waals surface area contributed by atoms with Gasteiger partial charge >= 0.3 is 0 Å². The molecule has 194 valence electrons. The first-order chi connectivity index (χ1) is 18.6. The van der Waals surface area contributed by atoms with Crippen molar-refractivity contribution >= 4 is 17.9 Å². The Balaban J connectivity index is 1.55. The molecule has 38 heavy (non-hydrogen) atoms. The second-order valence-corrected chi connectivity index (χ2v) is 9.48. The average Bonchev–Trinajstić information content (AvgIpc) is 3.30. The standard InChI is InChI=1S/C32H32N2O4/c1-2-20-34-23-26-13-6-7-14-28(26)29-32(31(34)36,19-8-12-24-10-4-3-5-11-24)33-30(38-29)25-15-17-27(18-16-25)37-22-9-21-35/h2-8,10-18,29,35H,1,9,19-23H2/b12-8+/t29-,32-/m1/s1. The van der Waals surface area contributed by atoms with Crippen molar-refractivity contribution in [3.05, 3.63) is 120 Å². The predicted molar refractivity (Wildman–Crippen MR) is 149 cm³/mol. The summed E-state index contributed by atoms with van der Waals surface area (Å²) in [6.07, 6.45) is 6.20. The quantitative estimate of drug-likeness (QED) is 0.297. The van der Waals surface area contributed by atoms with Crippen molar-refractivity contribution in [2.24, 2.45) is 4.99 Å². The molecular formula is C32H32N2O4. The van der Waals surface area contributed by atoms with E-state index in [4.69, 9.17) is 19.6 Å². The first kappa shape index (κ1) is 25.5. The van der Waals surface area contributed by atoms with Gasteiger partial charge in [-0.05, 0) is 35.4 Å². The fraction of sp³-hybridized carbons (Fsp3) is 0.250. The molecule has 0 saturated heterocycles. The molecule has 1 N–H and O–H groups in total. The van der Waals surface area contributed by atoms with Crippen LogP contribution in [0.3, 0.4) is 0 Å². The van der Waals surface area contributed by atoms with Gasteiger partial charge in [0.2, 0.25) is 5.90 Å². The van der Waals surface area contributed by atoms with Crippen LogP contribution in [0.5, 0.6) is 5.75 Å². The summed E-state index contributed by atoms with van der Waals surface area (Å²) in [7, 11) is 0. The number of hydrogen-bond donors (Lipinski definition) is 1. The van der Waals surface area contributed by atoms with E-state index in [1.54, 1.807) is 6.08 Å². The van der Waals surface area contributed by atoms with E-state index < -0.39 is 11.6 Å². The minimum Gasteiger partial charge on any atom is -0.494 e. The number of benzene rings is 3. The SMILES string of the molecule is C=CCN1Cc2ccccc2[C@H]2OC(c3ccc(OCCCO)cc3)=N[C@@]2(C/C=C/c2ccccc2)C1=O. The van der Waals surface area contributed by atoms with E-state index >= 15 is 0 Å². The van der Waals surface area contributed by atoms with E-state index in [-0.39, 0.29) is 12.5 Å². The van der Waals surface area contributed by atoms with E-state index in [1.165, 1.54) is 0 Å². The number of amides is 1. The molecule has 2 heterocycles. The Bertz CT molecular complexity index is 1330. The van der Waals surface area contributed by atoms with Crippen LogP contribution in [-0.4, -0.2) is 47.1 Å². The number of aliphatic imine (C=N–C) groups is 1. The number of rotatable bonds is 10. The van der Waals surface area contributed by atoms with E-state index in [9.17, 15) is 4.79 Å². The van der Waals surface area contributed by atoms with Gasteiger partial charge < -0.3 is 19.5 Å². The molecule has 3 aromatic rings. The molecule has 0 radical (unpaired) electrons. The molecule has 0 fully saturated rings. The number of nitrogens with zero attached hydrogens (tertiary/aromatic N) is 2. The van der Waals surface area contributed by atoms with Gasteiger partial charge in [0, 0.05) is 43.7 Å². The van der Waals surface area contributed by atoms with Crippen LogP contribution in [0.25, 0.3) is 6.08 Å². The number of hydrogen-bond acceptors (Lipinski definition) is 5. The summed E-state index contributed by atoms with van der Waals surface area (Å²) in [5, 5.41) is 8.99. The number of carbonyl (C=O) groups excluding carboxylic acids is 1. The molecule has 2 atom stereocenters. The zero-order valence-electron chi connectivity index (χ0n) is 21.3. The van der Waals surface area contributed by atoms with Crippen LogP contribution < -0.4 is 4.74 Å². The molecule has 0 bridgehead atoms. The summed E-state index contributed by atoms with van der Waals surface area (Å²) in [6, 6.07) is 25.6. The maximum absolute atomic E-state index is 14.2. The van der Waals surface area contributed by atoms with Gasteiger partial charge in [-0.15, -0.1) is 6.58 Å². The Morgan fingerprint density at radius 1 is 1.08 bits per heavy atom. The lowest BCUT2D eigenvalue weighted by atomic mass is 9.84. The lowest BCUT2D eigenvalue weighted by Gasteiger charge is -2.31. The van der Waals surface area contributed by atoms with E-state index in [1.807, 2.05) is 89.8 Å². The second-order valence-electron chi connectivity index (χ2n) is 9.48. The van der Waals surface area contributed by atoms with Gasteiger partial charge in [-0.1, -0.05) is 72.8 Å². The zero-order valence-corrected chi connectivity index (χ0v) is 21.3. The van der Waals surface area contributed by atoms with Crippen LogP contribution in [0.2, 0.25) is 0 Å². The summed E-state index contributed by atoms with van der Waals surface area (Å²) < 4.78 is 12.2. The summed E-state index contributed by atoms with van der Waals surface area (Å²) >= 11 is 0. The molecule has 6 heteroatoms. The van der Waals surface area contributed by atoms with Crippen LogP contribution in [-0.2, 0) is 16.1 Å². The van der Waals surface area contributed by atoms with Crippen LogP contribution in [0.15, 0.2) is 103 Å². The fourth-order valence-electron chi connectivity index (χ4n) is 5.00. The summed E-state index contributed by atoms with van der Waals surface area (Å²) in [5.74, 6) is 1.07. The van der Waals surface area contributed by atoms with Crippen molar-refractivity contribution in [3.63, 3.8) is 0 Å². The fourth-order valence-corrected chi connectivity index (χ4v) is 5.00. The zero-order chi connectivity index (χ0) is 26.4. The molecule has 0 aromatic heterocycles. The number of ether oxygens (including phenoxy) is 2. The average molecular weight is 509 g/mol. The molecule has 3 aromatic carbocycles. The molecule has 0 saturated carbocycles. The van der Waals surface area contributed by atoms with Crippen molar-refractivity contribution in [1.82, 2.24) is 4.90 Å². The van der Waals surface area contributed by atoms with Crippen LogP contribution in [0.1, 0.15) is 41.2 Å². The van der Waals surface area contributed by atoms with Crippen molar-refractivity contribution in [1.29, 1.82) is 0 Å². The minimum atomic E-state index is -1.15. The van der Waals surface area contributed by atoms with E-state index in [0.29, 0.717) is 44.2 Å². The molecule has 1 amide bonds. The smallest absolute Gasteiger partial charge is 0.255 e. The Hall–Kier alpha value is -4.16. The van der Waals surface area contributed by atoms with E-state index in [2.05, 4.69) is 12.6 Å². The molecule has 2 aliphatic rings. The minimum absolute atomic E-state index is 0.0738. The highest BCUT2D eigenvalue weighted by atomic mass is 16.5. The summed E-state index contributed by atoms with van der Waals surface area (Å²) in [6.45, 7) is 5.32. The lowest BCUT2D eigenvalue weighted by Crippen LogP contribution is -2.48. The summed E-state index contributed by atoms with van der Waals surface area (Å²) in [4.78, 5) is 21.1. The third-order valence-electron chi connectivity index (χ3n) is 6.88. The number of carbonyl (C=O) groups is 1. The van der Waals surface area contributed by atoms with Gasteiger partial charge in [-0.2, -0.15) is 0 Å². The van der Waals surface area contributed by atoms with Crippen molar-refractivity contribution in [2.45, 2.75) is 31.0 Å². The highest BCUT2D eigenvalue weighted by molar-refractivity contribution is 6.01. The maximum Gasteiger partial charge on any atom is 0.255 e. The monoisotopic (exact) mass is 508 g/mol. The Morgan fingerprint density at radius 3 is 2.61 bits per heavy atom. The third-order valence-corrected chi connectivity index (χ3v) is 6.88. The van der Waals surface area contributed by atoms with Crippen LogP contribution in [0.4, 0.5) is 0 Å². The molecule has 6 nitrogen and oxygen atoms in total. The first-order valence-corrected chi connectivity index (χ1v) is 12.9. The van der Waals surface area contributed by atoms with Gasteiger partial charge in [0.05, 0.1) is 6.61 Å². The molecular weight excluding hydrogens is 476 g/mol. The molecule has 0 aliphatic carbocycles. The van der Waals surface area contributed by atoms with Gasteiger partial charge in [-0.25, -0.2) is 4.99 Å². The van der Waals surface area contributed by atoms with Crippen molar-refractivity contribution < 1.29 is 19.4 Å². The van der Waals surface area contributed by atoms with Crippen molar-refractivity contribution in [3.8, 4) is 5.75 Å². The first-order valence-electron chi connectivity index (χ1n) is 12.9. The molecule has 5 rings (SSSR count). The molecule has 0 unspecified atom stereocenters. The number of fused-ring (bicyclic) bond motifs is 3. The van der Waals surface area contributed by atoms with Gasteiger partial charge in [0.25, 0.3) is 5.91 Å². The second kappa shape index (κ2) is 11.5. The largest absolute Gasteiger partial charge is 0.494 e. The van der Waals surface area contributed by atoms with Gasteiger partial charge in [0.1, 0.15) is 5.75 Å². The van der Waals surface area contributed by atoms with Gasteiger partial charge in [-0.3, -0.25) is 4.79 Å².